The van der Waals surface area contributed by atoms with Crippen molar-refractivity contribution in [1.82, 2.24) is 14.9 Å². The molecule has 98 valence electrons. The molecule has 18 heavy (non-hydrogen) atoms. The number of nitrogens with zero attached hydrogens (tertiary/aromatic N) is 3. The zero-order valence-corrected chi connectivity index (χ0v) is 10.4. The highest BCUT2D eigenvalue weighted by Gasteiger charge is 2.31. The monoisotopic (exact) mass is 249 g/mol. The quantitative estimate of drug-likeness (QED) is 0.804. The lowest BCUT2D eigenvalue weighted by atomic mass is 10.2. The Kier molecular flexibility index (Phi) is 3.29. The summed E-state index contributed by atoms with van der Waals surface area (Å²) in [5.74, 6) is 1.19. The summed E-state index contributed by atoms with van der Waals surface area (Å²) in [5.41, 5.74) is 5.49. The molecule has 0 spiro atoms. The zero-order valence-electron chi connectivity index (χ0n) is 10.4. The van der Waals surface area contributed by atoms with E-state index in [1.165, 1.54) is 19.4 Å². The van der Waals surface area contributed by atoms with E-state index >= 15 is 0 Å². The van der Waals surface area contributed by atoms with Gasteiger partial charge in [0, 0.05) is 19.1 Å². The Morgan fingerprint density at radius 1 is 1.44 bits per heavy atom. The number of morpholine rings is 1. The van der Waals surface area contributed by atoms with E-state index in [-0.39, 0.29) is 6.10 Å². The number of nitrogens with one attached hydrogen (secondary N) is 1. The molecule has 2 aliphatic heterocycles. The van der Waals surface area contributed by atoms with Crippen LogP contribution in [-0.2, 0) is 4.74 Å². The number of anilines is 2. The van der Waals surface area contributed by atoms with E-state index in [2.05, 4.69) is 20.2 Å². The lowest BCUT2D eigenvalue weighted by Crippen LogP contribution is -2.48. The lowest BCUT2D eigenvalue weighted by Gasteiger charge is -2.35. The van der Waals surface area contributed by atoms with E-state index in [0.717, 1.165) is 25.5 Å². The molecule has 3 rings (SSSR count). The number of hydrogen-bond donors (Lipinski definition) is 2. The molecule has 0 saturated carbocycles. The largest absolute Gasteiger partial charge is 0.382 e. The highest BCUT2D eigenvalue weighted by Crippen LogP contribution is 2.22. The Labute approximate surface area is 107 Å². The van der Waals surface area contributed by atoms with Gasteiger partial charge in [-0.3, -0.25) is 4.90 Å². The number of aromatic nitrogens is 2. The first-order chi connectivity index (χ1) is 8.81. The molecular formula is C12H19N5O. The fraction of sp³-hybridized carbons (Fsp3) is 0.667. The molecular weight excluding hydrogens is 230 g/mol. The molecule has 0 bridgehead atoms. The van der Waals surface area contributed by atoms with E-state index < -0.39 is 0 Å². The minimum absolute atomic E-state index is 0.235. The van der Waals surface area contributed by atoms with E-state index in [4.69, 9.17) is 10.5 Å². The van der Waals surface area contributed by atoms with Gasteiger partial charge in [-0.1, -0.05) is 0 Å². The van der Waals surface area contributed by atoms with Crippen molar-refractivity contribution in [3.05, 3.63) is 12.4 Å². The summed E-state index contributed by atoms with van der Waals surface area (Å²) in [6, 6.07) is 0.651. The molecule has 2 saturated heterocycles. The minimum atomic E-state index is 0.235. The summed E-state index contributed by atoms with van der Waals surface area (Å²) in [7, 11) is 0. The highest BCUT2D eigenvalue weighted by atomic mass is 16.5. The zero-order chi connectivity index (χ0) is 12.4. The van der Waals surface area contributed by atoms with Crippen LogP contribution in [0.2, 0.25) is 0 Å². The summed E-state index contributed by atoms with van der Waals surface area (Å²) in [4.78, 5) is 10.7. The van der Waals surface area contributed by atoms with Crippen LogP contribution in [0.1, 0.15) is 12.8 Å². The van der Waals surface area contributed by atoms with Crippen molar-refractivity contribution in [3.63, 3.8) is 0 Å². The summed E-state index contributed by atoms with van der Waals surface area (Å²) in [5, 5.41) is 3.24. The maximum absolute atomic E-state index is 5.86. The van der Waals surface area contributed by atoms with E-state index in [1.807, 2.05) is 0 Å². The van der Waals surface area contributed by atoms with E-state index in [0.29, 0.717) is 11.9 Å². The van der Waals surface area contributed by atoms with Gasteiger partial charge >= 0.3 is 0 Å². The number of fused-ring (bicyclic) bond motifs is 1. The van der Waals surface area contributed by atoms with Crippen molar-refractivity contribution in [1.29, 1.82) is 0 Å². The van der Waals surface area contributed by atoms with Gasteiger partial charge in [-0.15, -0.1) is 0 Å². The molecule has 2 atom stereocenters. The predicted octanol–water partition coefficient (Wildman–Crippen LogP) is 0.334. The molecule has 2 fully saturated rings. The molecule has 1 aromatic rings. The normalized spacial score (nSPS) is 28.0. The SMILES string of the molecule is Nc1cnc(NCC2CN3CCCC3CO2)cn1. The first-order valence-electron chi connectivity index (χ1n) is 6.48. The number of ether oxygens (including phenoxy) is 1. The van der Waals surface area contributed by atoms with Crippen LogP contribution < -0.4 is 11.1 Å². The molecule has 0 radical (unpaired) electrons. The third-order valence-electron chi connectivity index (χ3n) is 3.64. The first kappa shape index (κ1) is 11.7. The van der Waals surface area contributed by atoms with Crippen LogP contribution in [0.3, 0.4) is 0 Å². The average molecular weight is 249 g/mol. The minimum Gasteiger partial charge on any atom is -0.382 e. The van der Waals surface area contributed by atoms with Crippen LogP contribution in [0.25, 0.3) is 0 Å². The van der Waals surface area contributed by atoms with Crippen molar-refractivity contribution in [2.24, 2.45) is 0 Å². The maximum atomic E-state index is 5.86. The van der Waals surface area contributed by atoms with Crippen LogP contribution in [-0.4, -0.2) is 53.3 Å². The Morgan fingerprint density at radius 2 is 2.39 bits per heavy atom. The van der Waals surface area contributed by atoms with Gasteiger partial charge in [0.25, 0.3) is 0 Å². The number of nitrogens with two attached hydrogens (primary N) is 1. The molecule has 1 aromatic heterocycles. The van der Waals surface area contributed by atoms with Crippen molar-refractivity contribution in [2.45, 2.75) is 25.0 Å². The standard InChI is InChI=1S/C12H19N5O/c13-11-5-16-12(6-14-11)15-4-10-7-17-3-1-2-9(17)8-18-10/h5-6,9-10H,1-4,7-8H2,(H2,13,14)(H,15,16). The van der Waals surface area contributed by atoms with Crippen LogP contribution >= 0.6 is 0 Å². The smallest absolute Gasteiger partial charge is 0.144 e. The number of rotatable bonds is 3. The van der Waals surface area contributed by atoms with E-state index in [1.54, 1.807) is 12.4 Å². The Bertz CT molecular complexity index is 396. The fourth-order valence-electron chi connectivity index (χ4n) is 2.66. The van der Waals surface area contributed by atoms with Crippen LogP contribution in [0, 0.1) is 0 Å². The van der Waals surface area contributed by atoms with Gasteiger partial charge in [0.05, 0.1) is 25.1 Å². The van der Waals surface area contributed by atoms with Crippen molar-refractivity contribution < 1.29 is 4.74 Å². The second-order valence-corrected chi connectivity index (χ2v) is 4.95. The van der Waals surface area contributed by atoms with Crippen molar-refractivity contribution in [3.8, 4) is 0 Å². The van der Waals surface area contributed by atoms with Crippen molar-refractivity contribution >= 4 is 11.6 Å². The second kappa shape index (κ2) is 5.07. The molecule has 3 heterocycles. The number of nitrogen functional groups attached to an aromatic ring is 1. The third-order valence-corrected chi connectivity index (χ3v) is 3.64. The summed E-state index contributed by atoms with van der Waals surface area (Å²) in [6.45, 7) is 3.86. The molecule has 3 N–H and O–H groups in total. The summed E-state index contributed by atoms with van der Waals surface area (Å²) in [6.07, 6.45) is 6.03. The molecule has 2 unspecified atom stereocenters. The Hall–Kier alpha value is -1.40. The summed E-state index contributed by atoms with van der Waals surface area (Å²) >= 11 is 0. The van der Waals surface area contributed by atoms with Crippen LogP contribution in [0.4, 0.5) is 11.6 Å². The molecule has 2 aliphatic rings. The Balaban J connectivity index is 1.50. The third kappa shape index (κ3) is 2.54. The van der Waals surface area contributed by atoms with E-state index in [9.17, 15) is 0 Å². The van der Waals surface area contributed by atoms with Crippen LogP contribution in [0.15, 0.2) is 12.4 Å². The molecule has 6 heteroatoms. The lowest BCUT2D eigenvalue weighted by molar-refractivity contribution is -0.0416. The fourth-order valence-corrected chi connectivity index (χ4v) is 2.66. The summed E-state index contributed by atoms with van der Waals surface area (Å²) < 4.78 is 5.86. The average Bonchev–Trinajstić information content (AvgIpc) is 2.85. The molecule has 6 nitrogen and oxygen atoms in total. The molecule has 0 amide bonds. The second-order valence-electron chi connectivity index (χ2n) is 4.95. The van der Waals surface area contributed by atoms with Gasteiger partial charge < -0.3 is 15.8 Å². The maximum Gasteiger partial charge on any atom is 0.144 e. The first-order valence-corrected chi connectivity index (χ1v) is 6.48. The predicted molar refractivity (Wildman–Crippen MR) is 69.3 cm³/mol. The van der Waals surface area contributed by atoms with Crippen LogP contribution in [0.5, 0.6) is 0 Å². The van der Waals surface area contributed by atoms with Crippen molar-refractivity contribution in [2.75, 3.05) is 37.3 Å². The van der Waals surface area contributed by atoms with Gasteiger partial charge in [0.1, 0.15) is 11.6 Å². The van der Waals surface area contributed by atoms with Gasteiger partial charge in [0.15, 0.2) is 0 Å². The highest BCUT2D eigenvalue weighted by molar-refractivity contribution is 5.35. The van der Waals surface area contributed by atoms with Gasteiger partial charge in [0.2, 0.25) is 0 Å². The Morgan fingerprint density at radius 3 is 3.22 bits per heavy atom. The molecule has 0 aromatic carbocycles. The molecule has 0 aliphatic carbocycles. The van der Waals surface area contributed by atoms with Gasteiger partial charge in [-0.25, -0.2) is 9.97 Å². The number of hydrogen-bond acceptors (Lipinski definition) is 6. The van der Waals surface area contributed by atoms with Gasteiger partial charge in [-0.2, -0.15) is 0 Å². The topological polar surface area (TPSA) is 76.3 Å². The van der Waals surface area contributed by atoms with Gasteiger partial charge in [-0.05, 0) is 19.4 Å².